The molecule has 17 heavy (non-hydrogen) atoms. The average molecular weight is 227 g/mol. The van der Waals surface area contributed by atoms with Crippen molar-refractivity contribution in [3.8, 4) is 17.0 Å². The highest BCUT2D eigenvalue weighted by molar-refractivity contribution is 5.68. The zero-order chi connectivity index (χ0) is 12.3. The van der Waals surface area contributed by atoms with Gasteiger partial charge in [-0.25, -0.2) is 4.98 Å². The summed E-state index contributed by atoms with van der Waals surface area (Å²) in [4.78, 5) is 4.30. The summed E-state index contributed by atoms with van der Waals surface area (Å²) in [6.07, 6.45) is 1.89. The Labute approximate surface area is 102 Å². The number of ether oxygens (including phenoxy) is 1. The van der Waals surface area contributed by atoms with E-state index in [0.717, 1.165) is 11.1 Å². The quantitative estimate of drug-likeness (QED) is 0.794. The Balaban J connectivity index is 2.40. The summed E-state index contributed by atoms with van der Waals surface area (Å²) in [5.74, 6) is 0.700. The molecule has 0 saturated carbocycles. The molecule has 1 heterocycles. The van der Waals surface area contributed by atoms with E-state index in [1.807, 2.05) is 26.0 Å². The molecule has 2 aromatic rings. The van der Waals surface area contributed by atoms with Crippen LogP contribution in [-0.2, 0) is 0 Å². The zero-order valence-electron chi connectivity index (χ0n) is 10.5. The van der Waals surface area contributed by atoms with Crippen molar-refractivity contribution in [2.75, 3.05) is 0 Å². The highest BCUT2D eigenvalue weighted by Gasteiger charge is 2.08. The molecule has 0 aliphatic rings. The monoisotopic (exact) mass is 227 g/mol. The van der Waals surface area contributed by atoms with Crippen LogP contribution in [0.15, 0.2) is 42.6 Å². The molecule has 2 rings (SSSR count). The minimum atomic E-state index is 0.133. The molecule has 0 saturated heterocycles. The predicted octanol–water partition coefficient (Wildman–Crippen LogP) is 3.84. The maximum Gasteiger partial charge on any atom is 0.221 e. The molecule has 0 N–H and O–H groups in total. The fourth-order valence-corrected chi connectivity index (χ4v) is 1.66. The first-order chi connectivity index (χ1) is 8.16. The van der Waals surface area contributed by atoms with Crippen LogP contribution in [0.5, 0.6) is 5.88 Å². The van der Waals surface area contributed by atoms with Gasteiger partial charge in [0.25, 0.3) is 0 Å². The second-order valence-corrected chi connectivity index (χ2v) is 4.39. The summed E-state index contributed by atoms with van der Waals surface area (Å²) >= 11 is 0. The van der Waals surface area contributed by atoms with Crippen LogP contribution in [-0.4, -0.2) is 11.1 Å². The van der Waals surface area contributed by atoms with E-state index >= 15 is 0 Å². The molecule has 2 heteroatoms. The van der Waals surface area contributed by atoms with Gasteiger partial charge >= 0.3 is 0 Å². The molecule has 0 aliphatic carbocycles. The normalized spacial score (nSPS) is 10.6. The fraction of sp³-hybridized carbons (Fsp3) is 0.267. The molecule has 0 amide bonds. The lowest BCUT2D eigenvalue weighted by Gasteiger charge is -2.12. The Bertz CT molecular complexity index is 489. The number of aromatic nitrogens is 1. The van der Waals surface area contributed by atoms with Gasteiger partial charge in [0.15, 0.2) is 0 Å². The highest BCUT2D eigenvalue weighted by Crippen LogP contribution is 2.28. The number of pyridine rings is 1. The molecule has 0 unspecified atom stereocenters. The SMILES string of the molecule is Cc1ccc(-c2cccnc2OC(C)C)cc1. The van der Waals surface area contributed by atoms with Gasteiger partial charge in [-0.2, -0.15) is 0 Å². The first-order valence-corrected chi connectivity index (χ1v) is 5.85. The van der Waals surface area contributed by atoms with Crippen molar-refractivity contribution >= 4 is 0 Å². The van der Waals surface area contributed by atoms with E-state index in [0.29, 0.717) is 5.88 Å². The first-order valence-electron chi connectivity index (χ1n) is 5.85. The Morgan fingerprint density at radius 1 is 1.06 bits per heavy atom. The average Bonchev–Trinajstić information content (AvgIpc) is 2.30. The second-order valence-electron chi connectivity index (χ2n) is 4.39. The number of hydrogen-bond acceptors (Lipinski definition) is 2. The van der Waals surface area contributed by atoms with E-state index < -0.39 is 0 Å². The third-order valence-corrected chi connectivity index (χ3v) is 2.48. The Morgan fingerprint density at radius 3 is 2.41 bits per heavy atom. The Hall–Kier alpha value is -1.83. The minimum absolute atomic E-state index is 0.133. The molecular weight excluding hydrogens is 210 g/mol. The van der Waals surface area contributed by atoms with Gasteiger partial charge in [0.2, 0.25) is 5.88 Å². The zero-order valence-corrected chi connectivity index (χ0v) is 10.5. The molecule has 0 bridgehead atoms. The van der Waals surface area contributed by atoms with E-state index in [1.165, 1.54) is 5.56 Å². The smallest absolute Gasteiger partial charge is 0.221 e. The Morgan fingerprint density at radius 2 is 1.76 bits per heavy atom. The number of nitrogens with zero attached hydrogens (tertiary/aromatic N) is 1. The number of aryl methyl sites for hydroxylation is 1. The maximum absolute atomic E-state index is 5.72. The summed E-state index contributed by atoms with van der Waals surface area (Å²) in [7, 11) is 0. The van der Waals surface area contributed by atoms with Crippen LogP contribution in [0.2, 0.25) is 0 Å². The van der Waals surface area contributed by atoms with Gasteiger partial charge < -0.3 is 4.74 Å². The first kappa shape index (κ1) is 11.6. The van der Waals surface area contributed by atoms with E-state index in [1.54, 1.807) is 6.20 Å². The van der Waals surface area contributed by atoms with Gasteiger partial charge in [-0.1, -0.05) is 29.8 Å². The van der Waals surface area contributed by atoms with Gasteiger partial charge in [-0.05, 0) is 38.5 Å². The topological polar surface area (TPSA) is 22.1 Å². The predicted molar refractivity (Wildman–Crippen MR) is 70.2 cm³/mol. The van der Waals surface area contributed by atoms with Gasteiger partial charge in [0, 0.05) is 11.8 Å². The molecule has 0 spiro atoms. The van der Waals surface area contributed by atoms with E-state index in [-0.39, 0.29) is 6.10 Å². The molecule has 88 valence electrons. The van der Waals surface area contributed by atoms with Crippen LogP contribution < -0.4 is 4.74 Å². The summed E-state index contributed by atoms with van der Waals surface area (Å²) in [6, 6.07) is 12.4. The standard InChI is InChI=1S/C15H17NO/c1-11(2)17-15-14(5-4-10-16-15)13-8-6-12(3)7-9-13/h4-11H,1-3H3. The Kier molecular flexibility index (Phi) is 3.43. The van der Waals surface area contributed by atoms with Crippen LogP contribution in [0, 0.1) is 6.92 Å². The van der Waals surface area contributed by atoms with Gasteiger partial charge in [0.1, 0.15) is 0 Å². The molecule has 0 fully saturated rings. The molecule has 1 aromatic heterocycles. The molecule has 1 aromatic carbocycles. The van der Waals surface area contributed by atoms with Crippen LogP contribution >= 0.6 is 0 Å². The van der Waals surface area contributed by atoms with Crippen molar-refractivity contribution in [3.05, 3.63) is 48.2 Å². The number of rotatable bonds is 3. The van der Waals surface area contributed by atoms with Crippen molar-refractivity contribution in [2.45, 2.75) is 26.9 Å². The largest absolute Gasteiger partial charge is 0.475 e. The maximum atomic E-state index is 5.72. The van der Waals surface area contributed by atoms with Crippen LogP contribution in [0.1, 0.15) is 19.4 Å². The lowest BCUT2D eigenvalue weighted by molar-refractivity contribution is 0.234. The fourth-order valence-electron chi connectivity index (χ4n) is 1.66. The molecule has 0 aliphatic heterocycles. The molecule has 2 nitrogen and oxygen atoms in total. The van der Waals surface area contributed by atoms with Gasteiger partial charge in [-0.3, -0.25) is 0 Å². The molecule has 0 atom stereocenters. The third kappa shape index (κ3) is 2.84. The number of benzene rings is 1. The molecular formula is C15H17NO. The summed E-state index contributed by atoms with van der Waals surface area (Å²) in [5, 5.41) is 0. The van der Waals surface area contributed by atoms with Crippen molar-refractivity contribution in [1.82, 2.24) is 4.98 Å². The summed E-state index contributed by atoms with van der Waals surface area (Å²) in [5.41, 5.74) is 3.43. The lowest BCUT2D eigenvalue weighted by Crippen LogP contribution is -2.07. The van der Waals surface area contributed by atoms with Crippen molar-refractivity contribution < 1.29 is 4.74 Å². The van der Waals surface area contributed by atoms with Crippen molar-refractivity contribution in [2.24, 2.45) is 0 Å². The van der Waals surface area contributed by atoms with E-state index in [9.17, 15) is 0 Å². The van der Waals surface area contributed by atoms with E-state index in [4.69, 9.17) is 4.74 Å². The van der Waals surface area contributed by atoms with Crippen LogP contribution in [0.4, 0.5) is 0 Å². The molecule has 0 radical (unpaired) electrons. The van der Waals surface area contributed by atoms with Crippen LogP contribution in [0.25, 0.3) is 11.1 Å². The third-order valence-electron chi connectivity index (χ3n) is 2.48. The van der Waals surface area contributed by atoms with Crippen molar-refractivity contribution in [1.29, 1.82) is 0 Å². The van der Waals surface area contributed by atoms with Crippen molar-refractivity contribution in [3.63, 3.8) is 0 Å². The van der Waals surface area contributed by atoms with Crippen LogP contribution in [0.3, 0.4) is 0 Å². The summed E-state index contributed by atoms with van der Waals surface area (Å²) in [6.45, 7) is 6.10. The minimum Gasteiger partial charge on any atom is -0.475 e. The van der Waals surface area contributed by atoms with Gasteiger partial charge in [-0.15, -0.1) is 0 Å². The highest BCUT2D eigenvalue weighted by atomic mass is 16.5. The summed E-state index contributed by atoms with van der Waals surface area (Å²) < 4.78 is 5.72. The van der Waals surface area contributed by atoms with E-state index in [2.05, 4.69) is 36.2 Å². The lowest BCUT2D eigenvalue weighted by atomic mass is 10.1. The second kappa shape index (κ2) is 5.00. The van der Waals surface area contributed by atoms with Gasteiger partial charge in [0.05, 0.1) is 6.10 Å². The number of hydrogen-bond donors (Lipinski definition) is 0.